The van der Waals surface area contributed by atoms with E-state index in [2.05, 4.69) is 46.4 Å². The van der Waals surface area contributed by atoms with Crippen molar-refractivity contribution in [2.75, 3.05) is 6.54 Å². The molecule has 0 radical (unpaired) electrons. The maximum Gasteiger partial charge on any atom is 0.330 e. The van der Waals surface area contributed by atoms with Crippen LogP contribution in [0.25, 0.3) is 0 Å². The van der Waals surface area contributed by atoms with Crippen LogP contribution in [0.3, 0.4) is 0 Å². The van der Waals surface area contributed by atoms with Gasteiger partial charge in [-0.15, -0.1) is 0 Å². The van der Waals surface area contributed by atoms with Gasteiger partial charge < -0.3 is 5.11 Å². The smallest absolute Gasteiger partial charge is 0.330 e. The third-order valence-electron chi connectivity index (χ3n) is 2.76. The Kier molecular flexibility index (Phi) is 5.40. The van der Waals surface area contributed by atoms with Crippen molar-refractivity contribution < 1.29 is 9.90 Å². The van der Waals surface area contributed by atoms with Crippen molar-refractivity contribution in [1.82, 2.24) is 4.90 Å². The minimum Gasteiger partial charge on any atom is -0.478 e. The van der Waals surface area contributed by atoms with Crippen LogP contribution in [-0.4, -0.2) is 33.6 Å². The van der Waals surface area contributed by atoms with Gasteiger partial charge in [-0.25, -0.2) is 4.79 Å². The highest BCUT2D eigenvalue weighted by Gasteiger charge is 2.30. The molecule has 0 aromatic heterocycles. The Labute approximate surface area is 106 Å². The third kappa shape index (κ3) is 5.87. The van der Waals surface area contributed by atoms with Gasteiger partial charge in [0, 0.05) is 23.2 Å². The van der Waals surface area contributed by atoms with Gasteiger partial charge in [0.25, 0.3) is 0 Å². The summed E-state index contributed by atoms with van der Waals surface area (Å²) in [6, 6.07) is 0. The lowest BCUT2D eigenvalue weighted by molar-refractivity contribution is -0.132. The molecule has 0 fully saturated rings. The van der Waals surface area contributed by atoms with E-state index in [1.54, 1.807) is 13.0 Å². The molecule has 17 heavy (non-hydrogen) atoms. The molecule has 0 spiro atoms. The van der Waals surface area contributed by atoms with Crippen molar-refractivity contribution >= 4 is 5.97 Å². The summed E-state index contributed by atoms with van der Waals surface area (Å²) in [4.78, 5) is 13.1. The van der Waals surface area contributed by atoms with E-state index >= 15 is 0 Å². The first kappa shape index (κ1) is 16.2. The summed E-state index contributed by atoms with van der Waals surface area (Å²) in [6.07, 6.45) is 2.57. The zero-order valence-corrected chi connectivity index (χ0v) is 12.3. The molecule has 0 rings (SSSR count). The molecule has 0 unspecified atom stereocenters. The largest absolute Gasteiger partial charge is 0.478 e. The van der Waals surface area contributed by atoms with E-state index in [1.807, 2.05) is 0 Å². The zero-order chi connectivity index (χ0) is 13.9. The molecule has 0 saturated carbocycles. The highest BCUT2D eigenvalue weighted by molar-refractivity contribution is 5.85. The molecular formula is C14H27NO2. The number of carboxylic acid groups (broad SMARTS) is 1. The molecule has 100 valence electrons. The van der Waals surface area contributed by atoms with Gasteiger partial charge in [0.15, 0.2) is 0 Å². The zero-order valence-electron chi connectivity index (χ0n) is 12.3. The lowest BCUT2D eigenvalue weighted by Crippen LogP contribution is -2.52. The van der Waals surface area contributed by atoms with E-state index in [9.17, 15) is 4.79 Å². The summed E-state index contributed by atoms with van der Waals surface area (Å²) in [6.45, 7) is 15.6. The standard InChI is InChI=1S/C14H27NO2/c1-11(12(16)17)9-8-10-15(13(2,3)4)14(5,6)7/h9H,8,10H2,1-7H3,(H,16,17). The normalized spacial score (nSPS) is 14.2. The van der Waals surface area contributed by atoms with E-state index in [-0.39, 0.29) is 11.1 Å². The number of rotatable bonds is 4. The van der Waals surface area contributed by atoms with Crippen LogP contribution in [0.2, 0.25) is 0 Å². The third-order valence-corrected chi connectivity index (χ3v) is 2.76. The number of aliphatic carboxylic acids is 1. The Morgan fingerprint density at radius 3 is 1.82 bits per heavy atom. The molecule has 0 aliphatic rings. The van der Waals surface area contributed by atoms with Crippen molar-refractivity contribution in [1.29, 1.82) is 0 Å². The van der Waals surface area contributed by atoms with Gasteiger partial charge in [-0.05, 0) is 54.9 Å². The second kappa shape index (κ2) is 5.67. The summed E-state index contributed by atoms with van der Waals surface area (Å²) < 4.78 is 0. The van der Waals surface area contributed by atoms with Gasteiger partial charge >= 0.3 is 5.97 Å². The highest BCUT2D eigenvalue weighted by Crippen LogP contribution is 2.24. The van der Waals surface area contributed by atoms with Crippen LogP contribution >= 0.6 is 0 Å². The van der Waals surface area contributed by atoms with E-state index in [1.165, 1.54) is 0 Å². The summed E-state index contributed by atoms with van der Waals surface area (Å²) >= 11 is 0. The van der Waals surface area contributed by atoms with Crippen LogP contribution in [0.5, 0.6) is 0 Å². The molecule has 0 bridgehead atoms. The van der Waals surface area contributed by atoms with E-state index < -0.39 is 5.97 Å². The lowest BCUT2D eigenvalue weighted by atomic mass is 9.95. The van der Waals surface area contributed by atoms with Crippen LogP contribution in [0, 0.1) is 0 Å². The Balaban J connectivity index is 4.61. The van der Waals surface area contributed by atoms with Gasteiger partial charge in [-0.3, -0.25) is 4.90 Å². The number of nitrogens with zero attached hydrogens (tertiary/aromatic N) is 1. The predicted molar refractivity (Wildman–Crippen MR) is 72.2 cm³/mol. The predicted octanol–water partition coefficient (Wildman–Crippen LogP) is 3.31. The Hall–Kier alpha value is -0.830. The minimum atomic E-state index is -0.830. The fraction of sp³-hybridized carbons (Fsp3) is 0.786. The monoisotopic (exact) mass is 241 g/mol. The van der Waals surface area contributed by atoms with Crippen molar-refractivity contribution in [3.05, 3.63) is 11.6 Å². The van der Waals surface area contributed by atoms with Gasteiger partial charge in [0.2, 0.25) is 0 Å². The topological polar surface area (TPSA) is 40.5 Å². The average Bonchev–Trinajstić information content (AvgIpc) is 2.07. The molecule has 0 aliphatic heterocycles. The highest BCUT2D eigenvalue weighted by atomic mass is 16.4. The lowest BCUT2D eigenvalue weighted by Gasteiger charge is -2.45. The molecule has 0 aliphatic carbocycles. The first-order valence-electron chi connectivity index (χ1n) is 6.14. The molecule has 3 nitrogen and oxygen atoms in total. The molecule has 3 heteroatoms. The number of hydrogen-bond acceptors (Lipinski definition) is 2. The first-order chi connectivity index (χ1) is 7.46. The maximum absolute atomic E-state index is 10.7. The summed E-state index contributed by atoms with van der Waals surface area (Å²) in [5.74, 6) is -0.830. The molecule has 0 aromatic rings. The van der Waals surface area contributed by atoms with Crippen LogP contribution < -0.4 is 0 Å². The van der Waals surface area contributed by atoms with Gasteiger partial charge in [-0.1, -0.05) is 6.08 Å². The second-order valence-corrected chi connectivity index (χ2v) is 6.47. The molecular weight excluding hydrogens is 214 g/mol. The second-order valence-electron chi connectivity index (χ2n) is 6.47. The molecule has 0 aromatic carbocycles. The molecule has 0 heterocycles. The van der Waals surface area contributed by atoms with E-state index in [0.29, 0.717) is 5.57 Å². The van der Waals surface area contributed by atoms with Crippen molar-refractivity contribution in [3.8, 4) is 0 Å². The van der Waals surface area contributed by atoms with Gasteiger partial charge in [0.05, 0.1) is 0 Å². The number of carboxylic acids is 1. The average molecular weight is 241 g/mol. The fourth-order valence-corrected chi connectivity index (χ4v) is 2.17. The summed E-state index contributed by atoms with van der Waals surface area (Å²) in [5.41, 5.74) is 0.597. The van der Waals surface area contributed by atoms with Gasteiger partial charge in [0.1, 0.15) is 0 Å². The number of hydrogen-bond donors (Lipinski definition) is 1. The minimum absolute atomic E-state index is 0.0865. The summed E-state index contributed by atoms with van der Waals surface area (Å²) in [7, 11) is 0. The quantitative estimate of drug-likeness (QED) is 0.768. The van der Waals surface area contributed by atoms with Gasteiger partial charge in [-0.2, -0.15) is 0 Å². The van der Waals surface area contributed by atoms with Crippen LogP contribution in [0.15, 0.2) is 11.6 Å². The fourth-order valence-electron chi connectivity index (χ4n) is 2.17. The van der Waals surface area contributed by atoms with E-state index in [0.717, 1.165) is 13.0 Å². The molecule has 1 N–H and O–H groups in total. The molecule has 0 atom stereocenters. The SMILES string of the molecule is CC(=CCCN(C(C)(C)C)C(C)(C)C)C(=O)O. The molecule has 0 amide bonds. The van der Waals surface area contributed by atoms with Crippen LogP contribution in [0.4, 0.5) is 0 Å². The van der Waals surface area contributed by atoms with Crippen molar-refractivity contribution in [3.63, 3.8) is 0 Å². The van der Waals surface area contributed by atoms with Crippen molar-refractivity contribution in [2.24, 2.45) is 0 Å². The Morgan fingerprint density at radius 2 is 1.53 bits per heavy atom. The van der Waals surface area contributed by atoms with Crippen LogP contribution in [-0.2, 0) is 4.79 Å². The summed E-state index contributed by atoms with van der Waals surface area (Å²) in [5, 5.41) is 8.79. The maximum atomic E-state index is 10.7. The Morgan fingerprint density at radius 1 is 1.12 bits per heavy atom. The molecule has 0 saturated heterocycles. The van der Waals surface area contributed by atoms with E-state index in [4.69, 9.17) is 5.11 Å². The Bertz CT molecular complexity index is 278. The first-order valence-corrected chi connectivity index (χ1v) is 6.14. The van der Waals surface area contributed by atoms with Crippen molar-refractivity contribution in [2.45, 2.75) is 66.0 Å². The van der Waals surface area contributed by atoms with Crippen LogP contribution in [0.1, 0.15) is 54.9 Å². The number of carbonyl (C=O) groups is 1.